The van der Waals surface area contributed by atoms with Crippen LogP contribution in [0.3, 0.4) is 0 Å². The molecule has 2 aliphatic heterocycles. The second-order valence-electron chi connectivity index (χ2n) is 7.04. The lowest BCUT2D eigenvalue weighted by Crippen LogP contribution is -2.43. The molecule has 1 unspecified atom stereocenters. The Labute approximate surface area is 160 Å². The third kappa shape index (κ3) is 3.82. The summed E-state index contributed by atoms with van der Waals surface area (Å²) in [5.74, 6) is -1.11. The van der Waals surface area contributed by atoms with Crippen LogP contribution in [0.25, 0.3) is 0 Å². The fourth-order valence-corrected chi connectivity index (χ4v) is 3.63. The topological polar surface area (TPSA) is 75.1 Å². The predicted molar refractivity (Wildman–Crippen MR) is 97.4 cm³/mol. The molecule has 28 heavy (non-hydrogen) atoms. The molecule has 0 saturated carbocycles. The molecule has 4 heterocycles. The van der Waals surface area contributed by atoms with E-state index in [0.717, 1.165) is 31.9 Å². The lowest BCUT2D eigenvalue weighted by Gasteiger charge is -2.29. The average molecular weight is 394 g/mol. The Balaban J connectivity index is 1.45. The van der Waals surface area contributed by atoms with Gasteiger partial charge in [-0.05, 0) is 18.6 Å². The van der Waals surface area contributed by atoms with E-state index >= 15 is 0 Å². The summed E-state index contributed by atoms with van der Waals surface area (Å²) in [6.07, 6.45) is -1.06. The van der Waals surface area contributed by atoms with Gasteiger partial charge in [0, 0.05) is 39.1 Å². The van der Waals surface area contributed by atoms with Crippen molar-refractivity contribution in [2.24, 2.45) is 5.92 Å². The number of pyridine rings is 1. The van der Waals surface area contributed by atoms with Gasteiger partial charge in [0.05, 0.1) is 24.0 Å². The minimum absolute atomic E-state index is 0.00336. The molecule has 2 aromatic heterocycles. The fraction of sp³-hybridized carbons (Fsp3) is 0.500. The van der Waals surface area contributed by atoms with E-state index < -0.39 is 18.0 Å². The van der Waals surface area contributed by atoms with Crippen LogP contribution in [0.15, 0.2) is 24.5 Å². The molecule has 2 aromatic rings. The molecule has 1 fully saturated rings. The summed E-state index contributed by atoms with van der Waals surface area (Å²) in [6.45, 7) is 3.30. The number of aryl methyl sites for hydroxylation is 1. The third-order valence-corrected chi connectivity index (χ3v) is 5.22. The molecule has 0 bridgehead atoms. The van der Waals surface area contributed by atoms with Gasteiger partial charge >= 0.3 is 6.18 Å². The van der Waals surface area contributed by atoms with Gasteiger partial charge in [0.1, 0.15) is 17.3 Å². The van der Waals surface area contributed by atoms with Crippen LogP contribution in [0.4, 0.5) is 24.7 Å². The summed E-state index contributed by atoms with van der Waals surface area (Å²) in [6, 6.07) is 3.57. The molecular formula is C18H21F3N6O. The first-order chi connectivity index (χ1) is 13.4. The summed E-state index contributed by atoms with van der Waals surface area (Å²) in [5, 5.41) is 5.93. The first kappa shape index (κ1) is 18.7. The number of anilines is 2. The number of nitrogens with zero attached hydrogens (tertiary/aromatic N) is 4. The number of fused-ring (bicyclic) bond motifs is 1. The number of carbonyl (C=O) groups excluding carboxylic acids is 1. The van der Waals surface area contributed by atoms with Gasteiger partial charge in [-0.3, -0.25) is 4.79 Å². The second-order valence-corrected chi connectivity index (χ2v) is 7.04. The number of hydrogen-bond acceptors (Lipinski definition) is 5. The average Bonchev–Trinajstić information content (AvgIpc) is 3.12. The zero-order valence-corrected chi connectivity index (χ0v) is 15.2. The molecular weight excluding hydrogens is 373 g/mol. The van der Waals surface area contributed by atoms with Gasteiger partial charge in [-0.2, -0.15) is 13.2 Å². The monoisotopic (exact) mass is 394 g/mol. The van der Waals surface area contributed by atoms with Crippen LogP contribution >= 0.6 is 0 Å². The Morgan fingerprint density at radius 2 is 1.96 bits per heavy atom. The highest BCUT2D eigenvalue weighted by Gasteiger charge is 2.42. The number of halogens is 3. The van der Waals surface area contributed by atoms with Gasteiger partial charge in [0.15, 0.2) is 0 Å². The van der Waals surface area contributed by atoms with Crippen LogP contribution in [-0.2, 0) is 13.0 Å². The van der Waals surface area contributed by atoms with Gasteiger partial charge in [0.25, 0.3) is 5.91 Å². The SMILES string of the molecule is O=C(Nc1ccc(N2CCNCC2)cn1)c1cnc2n1CC(C(F)(F)F)CC2. The highest BCUT2D eigenvalue weighted by atomic mass is 19.4. The van der Waals surface area contributed by atoms with Crippen LogP contribution in [0.2, 0.25) is 0 Å². The molecule has 1 amide bonds. The molecule has 0 radical (unpaired) electrons. The summed E-state index contributed by atoms with van der Waals surface area (Å²) < 4.78 is 40.5. The third-order valence-electron chi connectivity index (χ3n) is 5.22. The lowest BCUT2D eigenvalue weighted by molar-refractivity contribution is -0.182. The molecule has 0 aromatic carbocycles. The Morgan fingerprint density at radius 1 is 1.18 bits per heavy atom. The largest absolute Gasteiger partial charge is 0.393 e. The van der Waals surface area contributed by atoms with Crippen LogP contribution in [0.1, 0.15) is 22.7 Å². The van der Waals surface area contributed by atoms with Gasteiger partial charge in [-0.1, -0.05) is 0 Å². The molecule has 1 atom stereocenters. The maximum absolute atomic E-state index is 13.1. The normalized spacial score (nSPS) is 20.0. The first-order valence-corrected chi connectivity index (χ1v) is 9.26. The van der Waals surface area contributed by atoms with Crippen LogP contribution in [0, 0.1) is 5.92 Å². The van der Waals surface area contributed by atoms with Crippen molar-refractivity contribution in [1.29, 1.82) is 0 Å². The molecule has 1 saturated heterocycles. The van der Waals surface area contributed by atoms with Crippen molar-refractivity contribution in [1.82, 2.24) is 19.9 Å². The second kappa shape index (κ2) is 7.42. The predicted octanol–water partition coefficient (Wildman–Crippen LogP) is 2.06. The molecule has 10 heteroatoms. The number of aromatic nitrogens is 3. The minimum atomic E-state index is -4.28. The molecule has 150 valence electrons. The molecule has 2 aliphatic rings. The number of rotatable bonds is 3. The van der Waals surface area contributed by atoms with E-state index in [2.05, 4.69) is 25.5 Å². The van der Waals surface area contributed by atoms with E-state index in [-0.39, 0.29) is 25.1 Å². The zero-order valence-electron chi connectivity index (χ0n) is 15.2. The summed E-state index contributed by atoms with van der Waals surface area (Å²) >= 11 is 0. The molecule has 0 spiro atoms. The number of nitrogens with one attached hydrogen (secondary N) is 2. The summed E-state index contributed by atoms with van der Waals surface area (Å²) in [4.78, 5) is 23.2. The van der Waals surface area contributed by atoms with E-state index in [9.17, 15) is 18.0 Å². The van der Waals surface area contributed by atoms with E-state index in [4.69, 9.17) is 0 Å². The van der Waals surface area contributed by atoms with Crippen molar-refractivity contribution in [3.63, 3.8) is 0 Å². The van der Waals surface area contributed by atoms with E-state index in [1.165, 1.54) is 10.8 Å². The van der Waals surface area contributed by atoms with Crippen molar-refractivity contribution in [3.05, 3.63) is 36.0 Å². The van der Waals surface area contributed by atoms with Crippen LogP contribution in [-0.4, -0.2) is 52.8 Å². The lowest BCUT2D eigenvalue weighted by atomic mass is 9.99. The zero-order chi connectivity index (χ0) is 19.7. The number of amides is 1. The highest BCUT2D eigenvalue weighted by molar-refractivity contribution is 6.02. The smallest absolute Gasteiger partial charge is 0.368 e. The Kier molecular flexibility index (Phi) is 4.96. The van der Waals surface area contributed by atoms with Crippen molar-refractivity contribution in [3.8, 4) is 0 Å². The van der Waals surface area contributed by atoms with Crippen molar-refractivity contribution in [2.75, 3.05) is 36.4 Å². The van der Waals surface area contributed by atoms with Gasteiger partial charge < -0.3 is 20.1 Å². The Morgan fingerprint density at radius 3 is 2.64 bits per heavy atom. The molecule has 7 nitrogen and oxygen atoms in total. The quantitative estimate of drug-likeness (QED) is 0.834. The van der Waals surface area contributed by atoms with Crippen molar-refractivity contribution >= 4 is 17.4 Å². The minimum Gasteiger partial charge on any atom is -0.368 e. The van der Waals surface area contributed by atoms with Gasteiger partial charge in [-0.25, -0.2) is 9.97 Å². The number of carbonyl (C=O) groups is 1. The Bertz CT molecular complexity index is 842. The van der Waals surface area contributed by atoms with Gasteiger partial charge in [0.2, 0.25) is 0 Å². The van der Waals surface area contributed by atoms with Crippen LogP contribution in [0.5, 0.6) is 0 Å². The van der Waals surface area contributed by atoms with E-state index in [1.807, 2.05) is 6.07 Å². The molecule has 4 rings (SSSR count). The van der Waals surface area contributed by atoms with Gasteiger partial charge in [-0.15, -0.1) is 0 Å². The highest BCUT2D eigenvalue weighted by Crippen LogP contribution is 2.34. The maximum atomic E-state index is 13.1. The first-order valence-electron chi connectivity index (χ1n) is 9.26. The van der Waals surface area contributed by atoms with Crippen molar-refractivity contribution in [2.45, 2.75) is 25.6 Å². The summed E-state index contributed by atoms with van der Waals surface area (Å²) in [7, 11) is 0. The standard InChI is InChI=1S/C18H21F3N6O/c19-18(20,21)12-1-4-16-24-10-14(27(16)11-12)17(28)25-15-3-2-13(9-23-15)26-7-5-22-6-8-26/h2-3,9-10,12,22H,1,4-8,11H2,(H,23,25,28). The fourth-order valence-electron chi connectivity index (χ4n) is 3.63. The number of hydrogen-bond donors (Lipinski definition) is 2. The maximum Gasteiger partial charge on any atom is 0.393 e. The number of piperazine rings is 1. The van der Waals surface area contributed by atoms with Crippen LogP contribution < -0.4 is 15.5 Å². The number of alkyl halides is 3. The van der Waals surface area contributed by atoms with E-state index in [1.54, 1.807) is 12.3 Å². The molecule has 2 N–H and O–H groups in total. The van der Waals surface area contributed by atoms with Crippen molar-refractivity contribution < 1.29 is 18.0 Å². The van der Waals surface area contributed by atoms with E-state index in [0.29, 0.717) is 11.6 Å². The number of imidazole rings is 1. The summed E-state index contributed by atoms with van der Waals surface area (Å²) in [5.41, 5.74) is 1.09. The Hall–Kier alpha value is -2.62. The molecule has 0 aliphatic carbocycles.